The smallest absolute Gasteiger partial charge is 0.139 e. The summed E-state index contributed by atoms with van der Waals surface area (Å²) in [6, 6.07) is 51.8. The van der Waals surface area contributed by atoms with Crippen LogP contribution in [0.25, 0.3) is 48.5 Å². The largest absolute Gasteiger partial charge is 0.284 e. The van der Waals surface area contributed by atoms with Crippen LogP contribution in [-0.2, 0) is 5.41 Å². The normalized spacial score (nSPS) is 13.3. The Hall–Kier alpha value is -5.50. The van der Waals surface area contributed by atoms with Crippen molar-refractivity contribution in [3.63, 3.8) is 0 Å². The molecule has 0 saturated carbocycles. The van der Waals surface area contributed by atoms with Crippen molar-refractivity contribution in [3.8, 4) is 28.5 Å². The second kappa shape index (κ2) is 9.00. The number of aromatic nitrogens is 2. The van der Waals surface area contributed by atoms with Crippen LogP contribution in [0.15, 0.2) is 140 Å². The number of imidazole rings is 1. The van der Waals surface area contributed by atoms with E-state index in [9.17, 15) is 5.26 Å². The Morgan fingerprint density at radius 3 is 2.07 bits per heavy atom. The van der Waals surface area contributed by atoms with Gasteiger partial charge in [-0.05, 0) is 75.3 Å². The molecule has 200 valence electrons. The van der Waals surface area contributed by atoms with E-state index in [1.54, 1.807) is 11.3 Å². The second-order valence-corrected chi connectivity index (χ2v) is 12.1. The molecule has 1 aliphatic rings. The molecule has 43 heavy (non-hydrogen) atoms. The Labute approximate surface area is 252 Å². The van der Waals surface area contributed by atoms with Crippen LogP contribution in [0.2, 0.25) is 0 Å². The van der Waals surface area contributed by atoms with Crippen molar-refractivity contribution in [1.29, 1.82) is 5.26 Å². The fourth-order valence-electron chi connectivity index (χ4n) is 7.13. The molecule has 4 heteroatoms. The number of nitriles is 1. The summed E-state index contributed by atoms with van der Waals surface area (Å²) in [6.07, 6.45) is 0. The van der Waals surface area contributed by atoms with Crippen LogP contribution in [0.3, 0.4) is 0 Å². The van der Waals surface area contributed by atoms with Gasteiger partial charge in [-0.2, -0.15) is 5.26 Å². The zero-order valence-corrected chi connectivity index (χ0v) is 23.8. The van der Waals surface area contributed by atoms with Gasteiger partial charge in [0.15, 0.2) is 0 Å². The van der Waals surface area contributed by atoms with E-state index in [-0.39, 0.29) is 0 Å². The summed E-state index contributed by atoms with van der Waals surface area (Å²) < 4.78 is 3.55. The van der Waals surface area contributed by atoms with Gasteiger partial charge in [-0.1, -0.05) is 103 Å². The average molecular weight is 566 g/mol. The van der Waals surface area contributed by atoms with E-state index in [0.717, 1.165) is 32.8 Å². The average Bonchev–Trinajstić information content (AvgIpc) is 3.71. The molecule has 9 rings (SSSR count). The topological polar surface area (TPSA) is 41.1 Å². The van der Waals surface area contributed by atoms with Crippen LogP contribution in [0, 0.1) is 11.3 Å². The Balaban J connectivity index is 1.38. The molecule has 0 N–H and O–H groups in total. The highest BCUT2D eigenvalue weighted by molar-refractivity contribution is 7.25. The van der Waals surface area contributed by atoms with Crippen molar-refractivity contribution in [2.24, 2.45) is 0 Å². The highest BCUT2D eigenvalue weighted by atomic mass is 32.1. The van der Waals surface area contributed by atoms with Gasteiger partial charge in [-0.25, -0.2) is 4.98 Å². The van der Waals surface area contributed by atoms with E-state index in [2.05, 4.69) is 144 Å². The van der Waals surface area contributed by atoms with Crippen molar-refractivity contribution < 1.29 is 0 Å². The van der Waals surface area contributed by atoms with Crippen molar-refractivity contribution >= 4 is 37.4 Å². The summed E-state index contributed by atoms with van der Waals surface area (Å²) in [5, 5.41) is 11.1. The molecule has 3 nitrogen and oxygen atoms in total. The number of thiophene rings is 1. The minimum atomic E-state index is -0.578. The van der Waals surface area contributed by atoms with Crippen molar-refractivity contribution in [1.82, 2.24) is 9.38 Å². The van der Waals surface area contributed by atoms with Gasteiger partial charge >= 0.3 is 0 Å². The van der Waals surface area contributed by atoms with E-state index in [1.807, 2.05) is 6.07 Å². The molecule has 0 amide bonds. The summed E-state index contributed by atoms with van der Waals surface area (Å²) in [6.45, 7) is 0. The first kappa shape index (κ1) is 24.1. The molecule has 0 atom stereocenters. The first-order valence-corrected chi connectivity index (χ1v) is 15.2. The maximum atomic E-state index is 9.95. The molecule has 5 aromatic carbocycles. The van der Waals surface area contributed by atoms with Gasteiger partial charge in [0.2, 0.25) is 0 Å². The highest BCUT2D eigenvalue weighted by Gasteiger charge is 2.46. The molecule has 8 aromatic rings. The maximum Gasteiger partial charge on any atom is 0.139 e. The van der Waals surface area contributed by atoms with Gasteiger partial charge in [-0.15, -0.1) is 11.3 Å². The first-order chi connectivity index (χ1) is 21.3. The van der Waals surface area contributed by atoms with Crippen LogP contribution in [0.5, 0.6) is 0 Å². The predicted octanol–water partition coefficient (Wildman–Crippen LogP) is 9.60. The lowest BCUT2D eigenvalue weighted by Crippen LogP contribution is -2.28. The molecule has 0 saturated heterocycles. The van der Waals surface area contributed by atoms with Crippen LogP contribution in [0.4, 0.5) is 0 Å². The monoisotopic (exact) mass is 565 g/mol. The minimum Gasteiger partial charge on any atom is -0.284 e. The number of rotatable bonds is 3. The third-order valence-corrected chi connectivity index (χ3v) is 10.1. The summed E-state index contributed by atoms with van der Waals surface area (Å²) >= 11 is 1.79. The second-order valence-electron chi connectivity index (χ2n) is 11.1. The first-order valence-electron chi connectivity index (χ1n) is 14.4. The van der Waals surface area contributed by atoms with E-state index < -0.39 is 5.41 Å². The Morgan fingerprint density at radius 1 is 0.651 bits per heavy atom. The third-order valence-electron chi connectivity index (χ3n) is 8.93. The molecule has 0 fully saturated rings. The molecule has 0 unspecified atom stereocenters. The molecule has 0 bridgehead atoms. The predicted molar refractivity (Wildman–Crippen MR) is 176 cm³/mol. The minimum absolute atomic E-state index is 0.578. The molecular formula is C39H23N3S. The van der Waals surface area contributed by atoms with E-state index in [1.165, 1.54) is 37.9 Å². The van der Waals surface area contributed by atoms with Gasteiger partial charge in [0.25, 0.3) is 0 Å². The zero-order valence-electron chi connectivity index (χ0n) is 23.0. The van der Waals surface area contributed by atoms with Crippen molar-refractivity contribution in [2.45, 2.75) is 5.41 Å². The zero-order chi connectivity index (χ0) is 28.5. The number of pyridine rings is 1. The van der Waals surface area contributed by atoms with Crippen LogP contribution in [-0.4, -0.2) is 9.38 Å². The molecule has 3 heterocycles. The van der Waals surface area contributed by atoms with Crippen molar-refractivity contribution in [2.75, 3.05) is 0 Å². The van der Waals surface area contributed by atoms with Crippen LogP contribution < -0.4 is 0 Å². The fraction of sp³-hybridized carbons (Fsp3) is 0.0256. The van der Waals surface area contributed by atoms with Gasteiger partial charge in [0, 0.05) is 10.1 Å². The van der Waals surface area contributed by atoms with Gasteiger partial charge in [-0.3, -0.25) is 4.40 Å². The molecule has 1 aliphatic carbocycles. The SMILES string of the molecule is N#Cc1ccc2c(c1)C(c1ccccc1)(c1ccccc1)c1cc(-c3cccc4nc5c6ccccc6sc5n34)ccc1-2. The van der Waals surface area contributed by atoms with E-state index >= 15 is 0 Å². The quantitative estimate of drug-likeness (QED) is 0.214. The molecule has 3 aromatic heterocycles. The molecular weight excluding hydrogens is 543 g/mol. The third kappa shape index (κ3) is 3.26. The van der Waals surface area contributed by atoms with Crippen molar-refractivity contribution in [3.05, 3.63) is 167 Å². The Bertz CT molecular complexity index is 2370. The number of nitrogens with zero attached hydrogens (tertiary/aromatic N) is 3. The summed E-state index contributed by atoms with van der Waals surface area (Å²) in [7, 11) is 0. The Kier molecular flexibility index (Phi) is 5.05. The Morgan fingerprint density at radius 2 is 1.33 bits per heavy atom. The molecule has 0 aliphatic heterocycles. The number of hydrogen-bond acceptors (Lipinski definition) is 3. The van der Waals surface area contributed by atoms with Crippen LogP contribution in [0.1, 0.15) is 27.8 Å². The summed E-state index contributed by atoms with van der Waals surface area (Å²) in [5.74, 6) is 0. The summed E-state index contributed by atoms with van der Waals surface area (Å²) in [4.78, 5) is 6.24. The summed E-state index contributed by atoms with van der Waals surface area (Å²) in [5.41, 5.74) is 11.4. The van der Waals surface area contributed by atoms with E-state index in [0.29, 0.717) is 5.56 Å². The maximum absolute atomic E-state index is 9.95. The van der Waals surface area contributed by atoms with Gasteiger partial charge in [0.05, 0.1) is 22.7 Å². The lowest BCUT2D eigenvalue weighted by Gasteiger charge is -2.34. The van der Waals surface area contributed by atoms with Gasteiger partial charge < -0.3 is 0 Å². The van der Waals surface area contributed by atoms with Crippen LogP contribution >= 0.6 is 11.3 Å². The lowest BCUT2D eigenvalue weighted by atomic mass is 9.67. The molecule has 0 spiro atoms. The number of fused-ring (bicyclic) bond motifs is 8. The van der Waals surface area contributed by atoms with Gasteiger partial charge in [0.1, 0.15) is 16.0 Å². The number of benzene rings is 5. The van der Waals surface area contributed by atoms with E-state index in [4.69, 9.17) is 4.98 Å². The molecule has 0 radical (unpaired) electrons. The fourth-order valence-corrected chi connectivity index (χ4v) is 8.30. The highest BCUT2D eigenvalue weighted by Crippen LogP contribution is 2.57. The lowest BCUT2D eigenvalue weighted by molar-refractivity contribution is 0.768. The number of hydrogen-bond donors (Lipinski definition) is 0. The standard InChI is InChI=1S/C39H23N3S/c40-24-25-18-20-29-30-21-19-26(34-15-9-17-36-41-37-31-14-7-8-16-35(31)43-38(37)42(34)36)23-33(30)39(32(29)22-25,27-10-3-1-4-11-27)28-12-5-2-6-13-28/h1-23H.